The average molecular weight is 486 g/mol. The molecule has 0 aliphatic heterocycles. The molecule has 3 rings (SSSR count). The van der Waals surface area contributed by atoms with E-state index in [2.05, 4.69) is 15.4 Å². The lowest BCUT2D eigenvalue weighted by atomic mass is 10.1. The lowest BCUT2D eigenvalue weighted by Crippen LogP contribution is -2.30. The Morgan fingerprint density at radius 1 is 0.879 bits per heavy atom. The normalized spacial score (nSPS) is 10.9. The summed E-state index contributed by atoms with van der Waals surface area (Å²) in [4.78, 5) is 0.218. The maximum Gasteiger partial charge on any atom is 0.261 e. The molecular weight excluding hydrogens is 458 g/mol. The summed E-state index contributed by atoms with van der Waals surface area (Å²) in [7, 11) is -0.425. The van der Waals surface area contributed by atoms with Crippen molar-refractivity contribution in [1.82, 2.24) is 5.32 Å². The van der Waals surface area contributed by atoms with Crippen molar-refractivity contribution in [3.63, 3.8) is 0 Å². The van der Waals surface area contributed by atoms with E-state index in [9.17, 15) is 8.42 Å². The van der Waals surface area contributed by atoms with Crippen molar-refractivity contribution in [2.75, 3.05) is 30.8 Å². The first kappa shape index (κ1) is 24.3. The number of ether oxygens (including phenoxy) is 2. The van der Waals surface area contributed by atoms with Crippen LogP contribution in [-0.4, -0.2) is 34.3 Å². The summed E-state index contributed by atoms with van der Waals surface area (Å²) in [6.07, 6.45) is 0.752. The number of rotatable bonds is 9. The summed E-state index contributed by atoms with van der Waals surface area (Å²) < 4.78 is 38.2. The summed E-state index contributed by atoms with van der Waals surface area (Å²) in [6.45, 7) is 2.54. The fraction of sp³-hybridized carbons (Fsp3) is 0.208. The van der Waals surface area contributed by atoms with Crippen LogP contribution in [0.15, 0.2) is 71.6 Å². The molecule has 0 heterocycles. The van der Waals surface area contributed by atoms with Crippen molar-refractivity contribution < 1.29 is 17.9 Å². The van der Waals surface area contributed by atoms with Crippen molar-refractivity contribution in [1.29, 1.82) is 0 Å². The summed E-state index contributed by atoms with van der Waals surface area (Å²) in [5.74, 6) is 1.38. The first-order valence-electron chi connectivity index (χ1n) is 10.3. The van der Waals surface area contributed by atoms with E-state index >= 15 is 0 Å². The van der Waals surface area contributed by atoms with Crippen molar-refractivity contribution >= 4 is 38.7 Å². The third-order valence-electron chi connectivity index (χ3n) is 4.87. The molecular formula is C24H27N3O4S2. The minimum Gasteiger partial charge on any atom is -0.493 e. The second kappa shape index (κ2) is 11.0. The SMILES string of the molecule is COc1ccc(CCNC(=S)Nc2ccc(NS(=O)(=O)c3ccc(C)cc3)cc2)cc1OC. The molecule has 0 spiro atoms. The molecule has 0 aromatic heterocycles. The van der Waals surface area contributed by atoms with Crippen LogP contribution in [0.5, 0.6) is 11.5 Å². The van der Waals surface area contributed by atoms with E-state index in [4.69, 9.17) is 21.7 Å². The lowest BCUT2D eigenvalue weighted by Gasteiger charge is -2.13. The average Bonchev–Trinajstić information content (AvgIpc) is 2.80. The molecule has 3 N–H and O–H groups in total. The first-order valence-corrected chi connectivity index (χ1v) is 12.1. The van der Waals surface area contributed by atoms with E-state index in [0.29, 0.717) is 28.8 Å². The molecule has 3 aromatic rings. The van der Waals surface area contributed by atoms with Crippen LogP contribution < -0.4 is 24.8 Å². The Morgan fingerprint density at radius 2 is 1.52 bits per heavy atom. The Hall–Kier alpha value is -3.30. The van der Waals surface area contributed by atoms with Gasteiger partial charge in [-0.25, -0.2) is 8.42 Å². The smallest absolute Gasteiger partial charge is 0.261 e. The number of aryl methyl sites for hydroxylation is 1. The second-order valence-corrected chi connectivity index (χ2v) is 9.41. The number of anilines is 2. The molecule has 0 saturated carbocycles. The molecule has 174 valence electrons. The monoisotopic (exact) mass is 485 g/mol. The summed E-state index contributed by atoms with van der Waals surface area (Å²) in [6, 6.07) is 19.4. The zero-order valence-electron chi connectivity index (χ0n) is 18.7. The number of hydrogen-bond acceptors (Lipinski definition) is 5. The van der Waals surface area contributed by atoms with E-state index in [0.717, 1.165) is 23.2 Å². The van der Waals surface area contributed by atoms with Crippen LogP contribution in [0.25, 0.3) is 0 Å². The van der Waals surface area contributed by atoms with Crippen molar-refractivity contribution in [3.8, 4) is 11.5 Å². The van der Waals surface area contributed by atoms with Gasteiger partial charge in [-0.05, 0) is 79.7 Å². The fourth-order valence-electron chi connectivity index (χ4n) is 3.08. The zero-order chi connectivity index (χ0) is 23.8. The summed E-state index contributed by atoms with van der Waals surface area (Å²) in [5, 5.41) is 6.73. The van der Waals surface area contributed by atoms with E-state index in [1.165, 1.54) is 0 Å². The van der Waals surface area contributed by atoms with Crippen molar-refractivity contribution in [2.45, 2.75) is 18.2 Å². The zero-order valence-corrected chi connectivity index (χ0v) is 20.3. The molecule has 7 nitrogen and oxygen atoms in total. The molecule has 33 heavy (non-hydrogen) atoms. The Balaban J connectivity index is 1.50. The van der Waals surface area contributed by atoms with Gasteiger partial charge in [0.25, 0.3) is 10.0 Å². The van der Waals surface area contributed by atoms with Gasteiger partial charge < -0.3 is 20.1 Å². The van der Waals surface area contributed by atoms with Crippen LogP contribution in [0, 0.1) is 6.92 Å². The molecule has 0 amide bonds. The summed E-state index contributed by atoms with van der Waals surface area (Å²) >= 11 is 5.36. The van der Waals surface area contributed by atoms with Gasteiger partial charge in [0.15, 0.2) is 16.6 Å². The third-order valence-corrected chi connectivity index (χ3v) is 6.52. The molecule has 0 aliphatic rings. The largest absolute Gasteiger partial charge is 0.493 e. The van der Waals surface area contributed by atoms with Crippen LogP contribution in [0.4, 0.5) is 11.4 Å². The van der Waals surface area contributed by atoms with E-state index in [-0.39, 0.29) is 4.90 Å². The third kappa shape index (κ3) is 6.84. The fourth-order valence-corrected chi connectivity index (χ4v) is 4.36. The molecule has 0 radical (unpaired) electrons. The van der Waals surface area contributed by atoms with Gasteiger partial charge in [-0.1, -0.05) is 23.8 Å². The number of sulfonamides is 1. The Kier molecular flexibility index (Phi) is 8.13. The maximum absolute atomic E-state index is 12.5. The van der Waals surface area contributed by atoms with Gasteiger partial charge >= 0.3 is 0 Å². The minimum absolute atomic E-state index is 0.218. The number of thiocarbonyl (C=S) groups is 1. The highest BCUT2D eigenvalue weighted by molar-refractivity contribution is 7.92. The van der Waals surface area contributed by atoms with Crippen molar-refractivity contribution in [3.05, 3.63) is 77.9 Å². The van der Waals surface area contributed by atoms with Gasteiger partial charge in [0, 0.05) is 17.9 Å². The highest BCUT2D eigenvalue weighted by atomic mass is 32.2. The molecule has 0 fully saturated rings. The molecule has 0 saturated heterocycles. The van der Waals surface area contributed by atoms with Crippen molar-refractivity contribution in [2.24, 2.45) is 0 Å². The Morgan fingerprint density at radius 3 is 2.15 bits per heavy atom. The highest BCUT2D eigenvalue weighted by Crippen LogP contribution is 2.27. The number of benzene rings is 3. The topological polar surface area (TPSA) is 88.7 Å². The minimum atomic E-state index is -3.64. The Bertz CT molecular complexity index is 1200. The standard InChI is InChI=1S/C24H27N3O4S2/c1-17-4-11-21(12-5-17)33(28,29)27-20-9-7-19(8-10-20)26-24(32)25-15-14-18-6-13-22(30-2)23(16-18)31-3/h4-13,16,27H,14-15H2,1-3H3,(H2,25,26,32). The molecule has 9 heteroatoms. The van der Waals surface area contributed by atoms with Gasteiger partial charge in [-0.2, -0.15) is 0 Å². The second-order valence-electron chi connectivity index (χ2n) is 7.32. The summed E-state index contributed by atoms with van der Waals surface area (Å²) in [5.41, 5.74) is 3.30. The van der Waals surface area contributed by atoms with Crippen LogP contribution in [0.1, 0.15) is 11.1 Å². The van der Waals surface area contributed by atoms with Crippen LogP contribution in [0.2, 0.25) is 0 Å². The predicted octanol–water partition coefficient (Wildman–Crippen LogP) is 4.34. The first-order chi connectivity index (χ1) is 15.8. The van der Waals surface area contributed by atoms with E-state index in [1.54, 1.807) is 62.8 Å². The van der Waals surface area contributed by atoms with Gasteiger partial charge in [-0.3, -0.25) is 4.72 Å². The van der Waals surface area contributed by atoms with Gasteiger partial charge in [0.1, 0.15) is 0 Å². The van der Waals surface area contributed by atoms with E-state index < -0.39 is 10.0 Å². The van der Waals surface area contributed by atoms with Gasteiger partial charge in [0.05, 0.1) is 19.1 Å². The molecule has 0 aliphatic carbocycles. The number of methoxy groups -OCH3 is 2. The van der Waals surface area contributed by atoms with Crippen LogP contribution in [0.3, 0.4) is 0 Å². The van der Waals surface area contributed by atoms with E-state index in [1.807, 2.05) is 25.1 Å². The number of hydrogen-bond donors (Lipinski definition) is 3. The van der Waals surface area contributed by atoms with Gasteiger partial charge in [-0.15, -0.1) is 0 Å². The van der Waals surface area contributed by atoms with Gasteiger partial charge in [0.2, 0.25) is 0 Å². The maximum atomic E-state index is 12.5. The van der Waals surface area contributed by atoms with Crippen LogP contribution >= 0.6 is 12.2 Å². The predicted molar refractivity (Wildman–Crippen MR) is 136 cm³/mol. The van der Waals surface area contributed by atoms with Crippen LogP contribution in [-0.2, 0) is 16.4 Å². The highest BCUT2D eigenvalue weighted by Gasteiger charge is 2.13. The molecule has 0 atom stereocenters. The lowest BCUT2D eigenvalue weighted by molar-refractivity contribution is 0.354. The molecule has 0 unspecified atom stereocenters. The Labute approximate surface area is 200 Å². The quantitative estimate of drug-likeness (QED) is 0.389. The molecule has 3 aromatic carbocycles. The number of nitrogens with one attached hydrogen (secondary N) is 3. The molecule has 0 bridgehead atoms.